The predicted octanol–water partition coefficient (Wildman–Crippen LogP) is 4.92. The van der Waals surface area contributed by atoms with Crippen molar-refractivity contribution in [2.75, 3.05) is 17.6 Å². The summed E-state index contributed by atoms with van der Waals surface area (Å²) in [6, 6.07) is 24.1. The van der Waals surface area contributed by atoms with Crippen LogP contribution in [0.4, 0.5) is 5.69 Å². The Morgan fingerprint density at radius 2 is 1.65 bits per heavy atom. The van der Waals surface area contributed by atoms with E-state index in [1.165, 1.54) is 11.8 Å². The molecule has 4 rings (SSSR count). The van der Waals surface area contributed by atoms with Crippen LogP contribution < -0.4 is 16.2 Å². The minimum Gasteiger partial charge on any atom is -0.356 e. The normalized spacial score (nSPS) is 10.8. The average Bonchev–Trinajstić information content (AvgIpc) is 2.91. The molecule has 4 aromatic rings. The van der Waals surface area contributed by atoms with Crippen molar-refractivity contribution in [3.63, 3.8) is 0 Å². The minimum atomic E-state index is -0.259. The number of fused-ring (bicyclic) bond motifs is 1. The summed E-state index contributed by atoms with van der Waals surface area (Å²) < 4.78 is 1.55. The van der Waals surface area contributed by atoms with Crippen molar-refractivity contribution < 1.29 is 9.59 Å². The van der Waals surface area contributed by atoms with E-state index >= 15 is 0 Å². The molecule has 0 saturated carbocycles. The van der Waals surface area contributed by atoms with Crippen LogP contribution in [0.15, 0.2) is 88.8 Å². The number of amides is 2. The van der Waals surface area contributed by atoms with Crippen LogP contribution >= 0.6 is 23.4 Å². The van der Waals surface area contributed by atoms with Crippen molar-refractivity contribution in [1.82, 2.24) is 14.9 Å². The van der Waals surface area contributed by atoms with Crippen LogP contribution in [0, 0.1) is 0 Å². The van der Waals surface area contributed by atoms with Gasteiger partial charge in [0.15, 0.2) is 5.16 Å². The van der Waals surface area contributed by atoms with Gasteiger partial charge in [-0.1, -0.05) is 78.0 Å². The first-order chi connectivity index (χ1) is 18.0. The predicted molar refractivity (Wildman–Crippen MR) is 149 cm³/mol. The quantitative estimate of drug-likeness (QED) is 0.210. The molecular weight excluding hydrogens is 508 g/mol. The highest BCUT2D eigenvalue weighted by Crippen LogP contribution is 2.22. The fourth-order valence-electron chi connectivity index (χ4n) is 3.81. The molecule has 0 aliphatic heterocycles. The summed E-state index contributed by atoms with van der Waals surface area (Å²) in [5, 5.41) is 7.09. The van der Waals surface area contributed by atoms with E-state index in [-0.39, 0.29) is 29.5 Å². The number of hydrogen-bond acceptors (Lipinski definition) is 5. The van der Waals surface area contributed by atoms with Crippen LogP contribution in [-0.4, -0.2) is 33.7 Å². The maximum absolute atomic E-state index is 13.2. The number of aromatic nitrogens is 2. The molecule has 0 unspecified atom stereocenters. The summed E-state index contributed by atoms with van der Waals surface area (Å²) in [6.07, 6.45) is 1.51. The van der Waals surface area contributed by atoms with Gasteiger partial charge >= 0.3 is 0 Å². The molecule has 0 fully saturated rings. The number of para-hydroxylation sites is 2. The number of carbonyl (C=O) groups is 2. The Balaban J connectivity index is 1.38. The molecule has 1 aromatic heterocycles. The monoisotopic (exact) mass is 534 g/mol. The zero-order chi connectivity index (χ0) is 26.0. The number of halogens is 1. The molecule has 0 spiro atoms. The molecule has 0 radical (unpaired) electrons. The zero-order valence-electron chi connectivity index (χ0n) is 20.2. The standard InChI is InChI=1S/C28H27ClN4O3S/c29-22-12-5-7-14-24(22)31-26(35)19-37-28-32-23-13-6-4-11-21(23)27(36)33(28)18-8-15-25(34)30-17-16-20-9-2-1-3-10-20/h1-7,9-14H,8,15-19H2,(H,30,34)(H,31,35). The molecule has 37 heavy (non-hydrogen) atoms. The number of hydrogen-bond donors (Lipinski definition) is 2. The van der Waals surface area contributed by atoms with Crippen LogP contribution in [-0.2, 0) is 22.6 Å². The molecule has 9 heteroatoms. The van der Waals surface area contributed by atoms with E-state index in [1.807, 2.05) is 36.4 Å². The summed E-state index contributed by atoms with van der Waals surface area (Å²) >= 11 is 7.31. The average molecular weight is 535 g/mol. The van der Waals surface area contributed by atoms with Gasteiger partial charge in [0.2, 0.25) is 11.8 Å². The molecule has 0 atom stereocenters. The van der Waals surface area contributed by atoms with Gasteiger partial charge in [0.25, 0.3) is 5.56 Å². The van der Waals surface area contributed by atoms with Gasteiger partial charge in [0.1, 0.15) is 0 Å². The second kappa shape index (κ2) is 13.1. The number of rotatable bonds is 11. The van der Waals surface area contributed by atoms with Crippen LogP contribution in [0.1, 0.15) is 18.4 Å². The second-order valence-corrected chi connectivity index (χ2v) is 9.72. The van der Waals surface area contributed by atoms with Gasteiger partial charge in [-0.15, -0.1) is 0 Å². The van der Waals surface area contributed by atoms with E-state index in [1.54, 1.807) is 47.0 Å². The first kappa shape index (κ1) is 26.4. The van der Waals surface area contributed by atoms with Gasteiger partial charge in [0, 0.05) is 19.5 Å². The molecule has 3 aromatic carbocycles. The van der Waals surface area contributed by atoms with Crippen LogP contribution in [0.2, 0.25) is 5.02 Å². The smallest absolute Gasteiger partial charge is 0.262 e. The largest absolute Gasteiger partial charge is 0.356 e. The summed E-state index contributed by atoms with van der Waals surface area (Å²) in [5.74, 6) is -0.272. The van der Waals surface area contributed by atoms with Gasteiger partial charge in [-0.25, -0.2) is 4.98 Å². The van der Waals surface area contributed by atoms with Crippen molar-refractivity contribution in [3.8, 4) is 0 Å². The maximum atomic E-state index is 13.2. The lowest BCUT2D eigenvalue weighted by Crippen LogP contribution is -2.27. The summed E-state index contributed by atoms with van der Waals surface area (Å²) in [4.78, 5) is 42.7. The lowest BCUT2D eigenvalue weighted by molar-refractivity contribution is -0.121. The Labute approximate surface area is 224 Å². The molecular formula is C28H27ClN4O3S. The molecule has 1 heterocycles. The van der Waals surface area contributed by atoms with E-state index in [9.17, 15) is 14.4 Å². The van der Waals surface area contributed by atoms with Crippen molar-refractivity contribution in [2.24, 2.45) is 0 Å². The fraction of sp³-hybridized carbons (Fsp3) is 0.214. The topological polar surface area (TPSA) is 93.1 Å². The SMILES string of the molecule is O=C(CCCn1c(SCC(=O)Nc2ccccc2Cl)nc2ccccc2c1=O)NCCc1ccccc1. The summed E-state index contributed by atoms with van der Waals surface area (Å²) in [6.45, 7) is 0.874. The Kier molecular flexibility index (Phi) is 9.35. The second-order valence-electron chi connectivity index (χ2n) is 8.37. The van der Waals surface area contributed by atoms with Gasteiger partial charge in [-0.05, 0) is 42.7 Å². The minimum absolute atomic E-state index is 0.0516. The molecule has 0 aliphatic carbocycles. The number of anilines is 1. The highest BCUT2D eigenvalue weighted by atomic mass is 35.5. The van der Waals surface area contributed by atoms with Crippen LogP contribution in [0.3, 0.4) is 0 Å². The Morgan fingerprint density at radius 3 is 2.46 bits per heavy atom. The number of nitrogens with one attached hydrogen (secondary N) is 2. The molecule has 190 valence electrons. The highest BCUT2D eigenvalue weighted by molar-refractivity contribution is 7.99. The first-order valence-corrected chi connectivity index (χ1v) is 13.3. The van der Waals surface area contributed by atoms with Crippen LogP contribution in [0.25, 0.3) is 10.9 Å². The summed E-state index contributed by atoms with van der Waals surface area (Å²) in [7, 11) is 0. The highest BCUT2D eigenvalue weighted by Gasteiger charge is 2.14. The third kappa shape index (κ3) is 7.44. The zero-order valence-corrected chi connectivity index (χ0v) is 21.7. The number of thioether (sulfide) groups is 1. The molecule has 0 saturated heterocycles. The molecule has 2 N–H and O–H groups in total. The lowest BCUT2D eigenvalue weighted by Gasteiger charge is -2.13. The maximum Gasteiger partial charge on any atom is 0.262 e. The van der Waals surface area contributed by atoms with Crippen molar-refractivity contribution >= 4 is 51.8 Å². The number of carbonyl (C=O) groups excluding carboxylic acids is 2. The molecule has 7 nitrogen and oxygen atoms in total. The third-order valence-electron chi connectivity index (χ3n) is 5.67. The fourth-order valence-corrected chi connectivity index (χ4v) is 4.82. The van der Waals surface area contributed by atoms with Crippen LogP contribution in [0.5, 0.6) is 0 Å². The Hall–Kier alpha value is -3.62. The van der Waals surface area contributed by atoms with E-state index in [2.05, 4.69) is 15.6 Å². The molecule has 0 aliphatic rings. The van der Waals surface area contributed by atoms with E-state index < -0.39 is 0 Å². The Bertz CT molecular complexity index is 1440. The lowest BCUT2D eigenvalue weighted by atomic mass is 10.1. The molecule has 0 bridgehead atoms. The van der Waals surface area contributed by atoms with E-state index in [0.29, 0.717) is 46.3 Å². The first-order valence-electron chi connectivity index (χ1n) is 12.0. The van der Waals surface area contributed by atoms with Gasteiger partial charge in [-0.3, -0.25) is 19.0 Å². The van der Waals surface area contributed by atoms with E-state index in [0.717, 1.165) is 12.0 Å². The van der Waals surface area contributed by atoms with Gasteiger partial charge < -0.3 is 10.6 Å². The van der Waals surface area contributed by atoms with Gasteiger partial charge in [0.05, 0.1) is 27.4 Å². The van der Waals surface area contributed by atoms with E-state index in [4.69, 9.17) is 11.6 Å². The van der Waals surface area contributed by atoms with Crippen molar-refractivity contribution in [2.45, 2.75) is 31.0 Å². The number of nitrogens with zero attached hydrogens (tertiary/aromatic N) is 2. The Morgan fingerprint density at radius 1 is 0.919 bits per heavy atom. The summed E-state index contributed by atoms with van der Waals surface area (Å²) in [5.41, 5.74) is 2.06. The molecule has 2 amide bonds. The van der Waals surface area contributed by atoms with Crippen molar-refractivity contribution in [1.29, 1.82) is 0 Å². The number of benzene rings is 3. The van der Waals surface area contributed by atoms with Crippen molar-refractivity contribution in [3.05, 3.63) is 99.8 Å². The van der Waals surface area contributed by atoms with Gasteiger partial charge in [-0.2, -0.15) is 0 Å². The third-order valence-corrected chi connectivity index (χ3v) is 6.98.